The van der Waals surface area contributed by atoms with E-state index in [1.54, 1.807) is 30.3 Å². The third-order valence-electron chi connectivity index (χ3n) is 3.96. The number of halogens is 1. The van der Waals surface area contributed by atoms with Crippen molar-refractivity contribution in [3.63, 3.8) is 0 Å². The van der Waals surface area contributed by atoms with Gasteiger partial charge >= 0.3 is 0 Å². The van der Waals surface area contributed by atoms with Gasteiger partial charge in [-0.1, -0.05) is 35.9 Å². The van der Waals surface area contributed by atoms with E-state index in [0.29, 0.717) is 10.8 Å². The van der Waals surface area contributed by atoms with E-state index in [1.165, 1.54) is 37.7 Å². The quantitative estimate of drug-likeness (QED) is 0.597. The molecule has 0 aliphatic rings. The molecule has 1 amide bonds. The van der Waals surface area contributed by atoms with E-state index in [0.717, 1.165) is 5.56 Å². The van der Waals surface area contributed by atoms with Crippen molar-refractivity contribution in [2.24, 2.45) is 0 Å². The largest absolute Gasteiger partial charge is 0.495 e. The number of carbonyl (C=O) groups is 1. The zero-order chi connectivity index (χ0) is 20.9. The van der Waals surface area contributed by atoms with Gasteiger partial charge in [-0.2, -0.15) is 0 Å². The van der Waals surface area contributed by atoms with Crippen molar-refractivity contribution in [1.82, 2.24) is 10.3 Å². The fourth-order valence-electron chi connectivity index (χ4n) is 2.61. The average molecular weight is 432 g/mol. The number of hydrogen-bond donors (Lipinski definition) is 2. The number of hydrogen-bond acceptors (Lipinski definition) is 5. The molecule has 0 fully saturated rings. The van der Waals surface area contributed by atoms with Crippen LogP contribution in [0.15, 0.2) is 71.9 Å². The number of nitrogens with one attached hydrogen (secondary N) is 2. The van der Waals surface area contributed by atoms with Crippen molar-refractivity contribution in [1.29, 1.82) is 0 Å². The highest BCUT2D eigenvalue weighted by Gasteiger charge is 2.22. The highest BCUT2D eigenvalue weighted by Crippen LogP contribution is 2.22. The van der Waals surface area contributed by atoms with Crippen LogP contribution in [0.1, 0.15) is 15.9 Å². The van der Waals surface area contributed by atoms with Crippen LogP contribution in [0.2, 0.25) is 5.02 Å². The molecule has 2 aromatic carbocycles. The Morgan fingerprint density at radius 1 is 1.10 bits per heavy atom. The highest BCUT2D eigenvalue weighted by atomic mass is 35.5. The number of aromatic nitrogens is 1. The molecule has 0 unspecified atom stereocenters. The number of anilines is 1. The first kappa shape index (κ1) is 20.6. The Bertz CT molecular complexity index is 1140. The highest BCUT2D eigenvalue weighted by molar-refractivity contribution is 7.92. The fraction of sp³-hybridized carbons (Fsp3) is 0.100. The van der Waals surface area contributed by atoms with Crippen LogP contribution < -0.4 is 14.8 Å². The summed E-state index contributed by atoms with van der Waals surface area (Å²) in [7, 11) is -2.58. The summed E-state index contributed by atoms with van der Waals surface area (Å²) in [5.41, 5.74) is 1.04. The zero-order valence-corrected chi connectivity index (χ0v) is 17.0. The van der Waals surface area contributed by atoms with Gasteiger partial charge in [-0.25, -0.2) is 8.42 Å². The van der Waals surface area contributed by atoms with Gasteiger partial charge in [-0.05, 0) is 29.8 Å². The molecule has 29 heavy (non-hydrogen) atoms. The fourth-order valence-corrected chi connectivity index (χ4v) is 4.06. The Kier molecular flexibility index (Phi) is 6.36. The molecule has 3 rings (SSSR count). The van der Waals surface area contributed by atoms with Crippen molar-refractivity contribution in [3.8, 4) is 5.75 Å². The minimum absolute atomic E-state index is 0.0258. The van der Waals surface area contributed by atoms with Crippen LogP contribution >= 0.6 is 11.6 Å². The van der Waals surface area contributed by atoms with Crippen LogP contribution in [0, 0.1) is 0 Å². The lowest BCUT2D eigenvalue weighted by molar-refractivity contribution is 0.0947. The van der Waals surface area contributed by atoms with Crippen LogP contribution in [0.4, 0.5) is 5.69 Å². The standard InChI is InChI=1S/C20H18ClN3O4S/c1-28-17-10-16(12-22-13-17)24-29(26,27)19-8-3-2-7-18(19)20(25)23-11-14-5-4-6-15(21)9-14/h2-10,12-13,24H,11H2,1H3,(H,23,25). The lowest BCUT2D eigenvalue weighted by Crippen LogP contribution is -2.26. The Labute approximate surface area is 173 Å². The molecule has 3 aromatic rings. The number of ether oxygens (including phenoxy) is 1. The first-order chi connectivity index (χ1) is 13.9. The Morgan fingerprint density at radius 3 is 2.66 bits per heavy atom. The van der Waals surface area contributed by atoms with Crippen LogP contribution in [0.5, 0.6) is 5.75 Å². The molecule has 1 aromatic heterocycles. The van der Waals surface area contributed by atoms with E-state index in [4.69, 9.17) is 16.3 Å². The summed E-state index contributed by atoms with van der Waals surface area (Å²) in [6, 6.07) is 14.5. The van der Waals surface area contributed by atoms with E-state index >= 15 is 0 Å². The lowest BCUT2D eigenvalue weighted by Gasteiger charge is -2.13. The average Bonchev–Trinajstić information content (AvgIpc) is 2.72. The van der Waals surface area contributed by atoms with Crippen molar-refractivity contribution in [2.45, 2.75) is 11.4 Å². The van der Waals surface area contributed by atoms with E-state index in [-0.39, 0.29) is 22.7 Å². The van der Waals surface area contributed by atoms with Gasteiger partial charge in [0.2, 0.25) is 0 Å². The summed E-state index contributed by atoms with van der Waals surface area (Å²) < 4.78 is 33.2. The number of benzene rings is 2. The summed E-state index contributed by atoms with van der Waals surface area (Å²) in [6.45, 7) is 0.209. The number of nitrogens with zero attached hydrogens (tertiary/aromatic N) is 1. The monoisotopic (exact) mass is 431 g/mol. The molecule has 7 nitrogen and oxygen atoms in total. The first-order valence-corrected chi connectivity index (χ1v) is 10.4. The predicted octanol–water partition coefficient (Wildman–Crippen LogP) is 3.47. The Hall–Kier alpha value is -3.10. The number of sulfonamides is 1. The molecular weight excluding hydrogens is 414 g/mol. The van der Waals surface area contributed by atoms with Gasteiger partial charge in [0.05, 0.1) is 30.8 Å². The zero-order valence-electron chi connectivity index (χ0n) is 15.4. The molecule has 9 heteroatoms. The second kappa shape index (κ2) is 8.93. The second-order valence-corrected chi connectivity index (χ2v) is 8.11. The molecular formula is C20H18ClN3O4S. The SMILES string of the molecule is COc1cncc(NS(=O)(=O)c2ccccc2C(=O)NCc2cccc(Cl)c2)c1. The number of amides is 1. The molecule has 150 valence electrons. The molecule has 0 atom stereocenters. The summed E-state index contributed by atoms with van der Waals surface area (Å²) in [6.07, 6.45) is 2.80. The molecule has 0 spiro atoms. The summed E-state index contributed by atoms with van der Waals surface area (Å²) in [5, 5.41) is 3.27. The van der Waals surface area contributed by atoms with Crippen molar-refractivity contribution < 1.29 is 17.9 Å². The van der Waals surface area contributed by atoms with Crippen LogP contribution in [-0.4, -0.2) is 26.4 Å². The van der Waals surface area contributed by atoms with E-state index in [1.807, 2.05) is 6.07 Å². The Balaban J connectivity index is 1.82. The molecule has 1 heterocycles. The van der Waals surface area contributed by atoms with Crippen LogP contribution in [0.3, 0.4) is 0 Å². The number of pyridine rings is 1. The molecule has 2 N–H and O–H groups in total. The first-order valence-electron chi connectivity index (χ1n) is 8.52. The normalized spacial score (nSPS) is 11.0. The number of methoxy groups -OCH3 is 1. The van der Waals surface area contributed by atoms with Gasteiger partial charge in [-0.15, -0.1) is 0 Å². The van der Waals surface area contributed by atoms with E-state index in [2.05, 4.69) is 15.0 Å². The van der Waals surface area contributed by atoms with Gasteiger partial charge < -0.3 is 10.1 Å². The van der Waals surface area contributed by atoms with Crippen molar-refractivity contribution in [2.75, 3.05) is 11.8 Å². The van der Waals surface area contributed by atoms with Crippen LogP contribution in [0.25, 0.3) is 0 Å². The number of rotatable bonds is 7. The van der Waals surface area contributed by atoms with Gasteiger partial charge in [0, 0.05) is 17.6 Å². The molecule has 0 saturated heterocycles. The smallest absolute Gasteiger partial charge is 0.262 e. The summed E-state index contributed by atoms with van der Waals surface area (Å²) in [5.74, 6) is -0.118. The van der Waals surface area contributed by atoms with Gasteiger partial charge in [0.15, 0.2) is 0 Å². The summed E-state index contributed by atoms with van der Waals surface area (Å²) >= 11 is 5.95. The van der Waals surface area contributed by atoms with Gasteiger partial charge in [0.25, 0.3) is 15.9 Å². The van der Waals surface area contributed by atoms with Gasteiger partial charge in [0.1, 0.15) is 10.6 Å². The van der Waals surface area contributed by atoms with E-state index < -0.39 is 15.9 Å². The molecule has 0 aliphatic carbocycles. The maximum Gasteiger partial charge on any atom is 0.262 e. The Morgan fingerprint density at radius 2 is 1.90 bits per heavy atom. The minimum Gasteiger partial charge on any atom is -0.495 e. The topological polar surface area (TPSA) is 97.4 Å². The molecule has 0 radical (unpaired) electrons. The lowest BCUT2D eigenvalue weighted by atomic mass is 10.2. The maximum absolute atomic E-state index is 12.9. The third-order valence-corrected chi connectivity index (χ3v) is 5.64. The minimum atomic E-state index is -4.03. The van der Waals surface area contributed by atoms with E-state index in [9.17, 15) is 13.2 Å². The van der Waals surface area contributed by atoms with Gasteiger partial charge in [-0.3, -0.25) is 14.5 Å². The predicted molar refractivity (Wildman–Crippen MR) is 111 cm³/mol. The molecule has 0 bridgehead atoms. The third kappa shape index (κ3) is 5.24. The van der Waals surface area contributed by atoms with Crippen molar-refractivity contribution in [3.05, 3.63) is 83.1 Å². The second-order valence-electron chi connectivity index (χ2n) is 6.03. The molecule has 0 aliphatic heterocycles. The molecule has 0 saturated carbocycles. The maximum atomic E-state index is 12.9. The van der Waals surface area contributed by atoms with Crippen molar-refractivity contribution >= 4 is 33.2 Å². The number of carbonyl (C=O) groups excluding carboxylic acids is 1. The summed E-state index contributed by atoms with van der Waals surface area (Å²) in [4.78, 5) is 16.4. The van der Waals surface area contributed by atoms with Crippen LogP contribution in [-0.2, 0) is 16.6 Å².